The highest BCUT2D eigenvalue weighted by Crippen LogP contribution is 2.22. The molecule has 2 amide bonds. The van der Waals surface area contributed by atoms with Crippen LogP contribution in [0.5, 0.6) is 0 Å². The van der Waals surface area contributed by atoms with E-state index in [1.54, 1.807) is 34.4 Å². The number of likely N-dealkylation sites (tertiary alicyclic amines) is 1. The van der Waals surface area contributed by atoms with E-state index >= 15 is 0 Å². The van der Waals surface area contributed by atoms with Gasteiger partial charge in [0.1, 0.15) is 5.01 Å². The van der Waals surface area contributed by atoms with E-state index in [2.05, 4.69) is 10.3 Å². The van der Waals surface area contributed by atoms with Crippen LogP contribution in [0.15, 0.2) is 53.2 Å². The lowest BCUT2D eigenvalue weighted by molar-refractivity contribution is -0.117. The number of rotatable bonds is 4. The minimum Gasteiger partial charge on any atom is -0.459 e. The number of fused-ring (bicyclic) bond motifs is 1. The summed E-state index contributed by atoms with van der Waals surface area (Å²) in [5.74, 6) is 0.127. The van der Waals surface area contributed by atoms with Crippen molar-refractivity contribution in [3.05, 3.63) is 59.5 Å². The average molecular weight is 381 g/mol. The Balaban J connectivity index is 1.28. The second-order valence-corrected chi connectivity index (χ2v) is 7.47. The van der Waals surface area contributed by atoms with Crippen molar-refractivity contribution in [1.29, 1.82) is 0 Å². The fourth-order valence-corrected chi connectivity index (χ4v) is 4.01. The van der Waals surface area contributed by atoms with Gasteiger partial charge in [0.15, 0.2) is 5.76 Å². The SMILES string of the molecule is O=C(/C=C/c1nc2ccccc2s1)NC1CCN(C(=O)c2ccco2)CC1. The monoisotopic (exact) mass is 381 g/mol. The van der Waals surface area contributed by atoms with Gasteiger partial charge in [-0.1, -0.05) is 12.1 Å². The van der Waals surface area contributed by atoms with Crippen LogP contribution in [0.4, 0.5) is 0 Å². The minimum atomic E-state index is -0.134. The Kier molecular flexibility index (Phi) is 5.02. The third kappa shape index (κ3) is 4.09. The summed E-state index contributed by atoms with van der Waals surface area (Å²) in [6, 6.07) is 11.3. The van der Waals surface area contributed by atoms with Crippen LogP contribution in [0.2, 0.25) is 0 Å². The van der Waals surface area contributed by atoms with Gasteiger partial charge in [0, 0.05) is 25.2 Å². The first kappa shape index (κ1) is 17.5. The van der Waals surface area contributed by atoms with Gasteiger partial charge < -0.3 is 14.6 Å². The Morgan fingerprint density at radius 1 is 1.19 bits per heavy atom. The average Bonchev–Trinajstić information content (AvgIpc) is 3.36. The molecule has 7 heteroatoms. The standard InChI is InChI=1S/C20H19N3O3S/c24-18(7-8-19-22-15-4-1-2-6-17(15)27-19)21-14-9-11-23(12-10-14)20(25)16-5-3-13-26-16/h1-8,13-14H,9-12H2,(H,21,24)/b8-7+. The van der Waals surface area contributed by atoms with Crippen LogP contribution in [0.3, 0.4) is 0 Å². The molecule has 1 aromatic carbocycles. The zero-order chi connectivity index (χ0) is 18.6. The quantitative estimate of drug-likeness (QED) is 0.704. The van der Waals surface area contributed by atoms with E-state index in [-0.39, 0.29) is 17.9 Å². The Morgan fingerprint density at radius 3 is 2.74 bits per heavy atom. The second-order valence-electron chi connectivity index (χ2n) is 6.41. The molecule has 3 heterocycles. The van der Waals surface area contributed by atoms with Crippen molar-refractivity contribution in [3.63, 3.8) is 0 Å². The Morgan fingerprint density at radius 2 is 2.00 bits per heavy atom. The largest absolute Gasteiger partial charge is 0.459 e. The number of para-hydroxylation sites is 1. The Hall–Kier alpha value is -2.93. The number of hydrogen-bond donors (Lipinski definition) is 1. The normalized spacial score (nSPS) is 15.5. The lowest BCUT2D eigenvalue weighted by atomic mass is 10.0. The van der Waals surface area contributed by atoms with Gasteiger partial charge in [-0.2, -0.15) is 0 Å². The summed E-state index contributed by atoms with van der Waals surface area (Å²) < 4.78 is 6.26. The maximum Gasteiger partial charge on any atom is 0.289 e. The topological polar surface area (TPSA) is 75.4 Å². The molecule has 1 saturated heterocycles. The molecule has 1 fully saturated rings. The van der Waals surface area contributed by atoms with Gasteiger partial charge in [0.2, 0.25) is 5.91 Å². The molecule has 6 nitrogen and oxygen atoms in total. The molecule has 4 rings (SSSR count). The van der Waals surface area contributed by atoms with Crippen molar-refractivity contribution >= 4 is 39.4 Å². The fourth-order valence-electron chi connectivity index (χ4n) is 3.14. The molecule has 1 N–H and O–H groups in total. The van der Waals surface area contributed by atoms with Crippen molar-refractivity contribution in [2.75, 3.05) is 13.1 Å². The summed E-state index contributed by atoms with van der Waals surface area (Å²) >= 11 is 1.56. The highest BCUT2D eigenvalue weighted by atomic mass is 32.1. The summed E-state index contributed by atoms with van der Waals surface area (Å²) in [5.41, 5.74) is 0.941. The number of aromatic nitrogens is 1. The first-order valence-electron chi connectivity index (χ1n) is 8.86. The molecule has 0 saturated carbocycles. The first-order valence-corrected chi connectivity index (χ1v) is 9.67. The van der Waals surface area contributed by atoms with Gasteiger partial charge in [0.25, 0.3) is 5.91 Å². The van der Waals surface area contributed by atoms with Crippen LogP contribution in [-0.4, -0.2) is 40.8 Å². The summed E-state index contributed by atoms with van der Waals surface area (Å²) in [7, 11) is 0. The van der Waals surface area contributed by atoms with E-state index in [1.807, 2.05) is 24.3 Å². The van der Waals surface area contributed by atoms with Crippen LogP contribution in [0.25, 0.3) is 16.3 Å². The number of thiazole rings is 1. The predicted octanol–water partition coefficient (Wildman–Crippen LogP) is 3.32. The number of piperidine rings is 1. The first-order chi connectivity index (χ1) is 13.2. The van der Waals surface area contributed by atoms with E-state index in [4.69, 9.17) is 4.42 Å². The van der Waals surface area contributed by atoms with Crippen LogP contribution in [-0.2, 0) is 4.79 Å². The number of nitrogens with zero attached hydrogens (tertiary/aromatic N) is 2. The Bertz CT molecular complexity index is 936. The van der Waals surface area contributed by atoms with E-state index in [0.29, 0.717) is 18.8 Å². The molecule has 1 aliphatic rings. The number of amides is 2. The van der Waals surface area contributed by atoms with Crippen molar-refractivity contribution in [1.82, 2.24) is 15.2 Å². The van der Waals surface area contributed by atoms with Crippen molar-refractivity contribution in [2.45, 2.75) is 18.9 Å². The molecule has 27 heavy (non-hydrogen) atoms. The van der Waals surface area contributed by atoms with Gasteiger partial charge in [-0.05, 0) is 43.2 Å². The lowest BCUT2D eigenvalue weighted by Gasteiger charge is -2.31. The second kappa shape index (κ2) is 7.75. The maximum atomic E-state index is 12.3. The molecular weight excluding hydrogens is 362 g/mol. The lowest BCUT2D eigenvalue weighted by Crippen LogP contribution is -2.46. The maximum absolute atomic E-state index is 12.3. The van der Waals surface area contributed by atoms with Crippen molar-refractivity contribution in [3.8, 4) is 0 Å². The van der Waals surface area contributed by atoms with Crippen LogP contribution in [0, 0.1) is 0 Å². The van der Waals surface area contributed by atoms with Crippen molar-refractivity contribution in [2.24, 2.45) is 0 Å². The number of benzene rings is 1. The molecule has 0 aliphatic carbocycles. The third-order valence-corrected chi connectivity index (χ3v) is 5.55. The third-order valence-electron chi connectivity index (χ3n) is 4.55. The van der Waals surface area contributed by atoms with E-state index < -0.39 is 0 Å². The molecule has 3 aromatic rings. The molecule has 0 spiro atoms. The molecule has 0 unspecified atom stereocenters. The number of nitrogens with one attached hydrogen (secondary N) is 1. The zero-order valence-corrected chi connectivity index (χ0v) is 15.4. The smallest absolute Gasteiger partial charge is 0.289 e. The van der Waals surface area contributed by atoms with Gasteiger partial charge in [-0.25, -0.2) is 4.98 Å². The minimum absolute atomic E-state index is 0.0677. The zero-order valence-electron chi connectivity index (χ0n) is 14.6. The van der Waals surface area contributed by atoms with E-state index in [1.165, 1.54) is 12.3 Å². The fraction of sp³-hybridized carbons (Fsp3) is 0.250. The number of hydrogen-bond acceptors (Lipinski definition) is 5. The van der Waals surface area contributed by atoms with Crippen LogP contribution < -0.4 is 5.32 Å². The Labute approximate surface area is 160 Å². The molecule has 138 valence electrons. The molecule has 1 aliphatic heterocycles. The van der Waals surface area contributed by atoms with Gasteiger partial charge >= 0.3 is 0 Å². The highest BCUT2D eigenvalue weighted by Gasteiger charge is 2.25. The van der Waals surface area contributed by atoms with Gasteiger partial charge in [-0.15, -0.1) is 11.3 Å². The summed E-state index contributed by atoms with van der Waals surface area (Å²) in [5, 5.41) is 3.82. The van der Waals surface area contributed by atoms with Gasteiger partial charge in [0.05, 0.1) is 16.5 Å². The number of carbonyl (C=O) groups is 2. The van der Waals surface area contributed by atoms with E-state index in [9.17, 15) is 9.59 Å². The molecular formula is C20H19N3O3S. The van der Waals surface area contributed by atoms with Crippen LogP contribution >= 0.6 is 11.3 Å². The summed E-state index contributed by atoms with van der Waals surface area (Å²) in [6.07, 6.45) is 6.23. The molecule has 0 bridgehead atoms. The molecule has 0 atom stereocenters. The molecule has 2 aromatic heterocycles. The predicted molar refractivity (Wildman–Crippen MR) is 104 cm³/mol. The number of carbonyl (C=O) groups excluding carboxylic acids is 2. The summed E-state index contributed by atoms with van der Waals surface area (Å²) in [6.45, 7) is 1.21. The molecule has 0 radical (unpaired) electrons. The van der Waals surface area contributed by atoms with E-state index in [0.717, 1.165) is 28.1 Å². The summed E-state index contributed by atoms with van der Waals surface area (Å²) in [4.78, 5) is 30.7. The van der Waals surface area contributed by atoms with Crippen LogP contribution in [0.1, 0.15) is 28.4 Å². The number of furan rings is 1. The van der Waals surface area contributed by atoms with Gasteiger partial charge in [-0.3, -0.25) is 9.59 Å². The highest BCUT2D eigenvalue weighted by molar-refractivity contribution is 7.19. The van der Waals surface area contributed by atoms with Crippen molar-refractivity contribution < 1.29 is 14.0 Å².